The summed E-state index contributed by atoms with van der Waals surface area (Å²) in [6.07, 6.45) is 0.446. The number of amides is 1. The van der Waals surface area contributed by atoms with Crippen LogP contribution in [0.25, 0.3) is 0 Å². The summed E-state index contributed by atoms with van der Waals surface area (Å²) in [5, 5.41) is 0.554. The first-order chi connectivity index (χ1) is 14.3. The highest BCUT2D eigenvalue weighted by Crippen LogP contribution is 2.29. The van der Waals surface area contributed by atoms with E-state index < -0.39 is 9.84 Å². The lowest BCUT2D eigenvalue weighted by Gasteiger charge is -2.34. The lowest BCUT2D eigenvalue weighted by atomic mass is 10.1. The first-order valence-corrected chi connectivity index (χ1v) is 12.4. The molecule has 1 amide bonds. The van der Waals surface area contributed by atoms with Crippen molar-refractivity contribution in [2.45, 2.75) is 12.5 Å². The SMILES string of the molecule is CN1CCN(c2ccc(N(C(=O)c3ccc(Cl)cc3)C3CCS(=O)(=O)C3)cc2)CC1. The number of halogens is 1. The van der Waals surface area contributed by atoms with Crippen LogP contribution < -0.4 is 9.80 Å². The van der Waals surface area contributed by atoms with Gasteiger partial charge in [-0.2, -0.15) is 0 Å². The number of anilines is 2. The average Bonchev–Trinajstić information content (AvgIpc) is 3.09. The minimum absolute atomic E-state index is 0.00740. The van der Waals surface area contributed by atoms with Crippen LogP contribution in [0.5, 0.6) is 0 Å². The van der Waals surface area contributed by atoms with Gasteiger partial charge in [0.25, 0.3) is 5.91 Å². The van der Waals surface area contributed by atoms with Gasteiger partial charge in [-0.05, 0) is 62.0 Å². The van der Waals surface area contributed by atoms with E-state index in [1.165, 1.54) is 0 Å². The van der Waals surface area contributed by atoms with Crippen LogP contribution in [0.15, 0.2) is 48.5 Å². The molecule has 0 spiro atoms. The Bertz CT molecular complexity index is 1000. The van der Waals surface area contributed by atoms with Crippen LogP contribution in [0, 0.1) is 0 Å². The van der Waals surface area contributed by atoms with Crippen LogP contribution >= 0.6 is 11.6 Å². The molecule has 0 N–H and O–H groups in total. The Morgan fingerprint density at radius 1 is 1.00 bits per heavy atom. The van der Waals surface area contributed by atoms with E-state index in [9.17, 15) is 13.2 Å². The molecule has 2 aliphatic rings. The Labute approximate surface area is 182 Å². The zero-order chi connectivity index (χ0) is 21.3. The van der Waals surface area contributed by atoms with E-state index >= 15 is 0 Å². The van der Waals surface area contributed by atoms with Crippen LogP contribution in [0.1, 0.15) is 16.8 Å². The lowest BCUT2D eigenvalue weighted by Crippen LogP contribution is -2.44. The number of hydrogen-bond acceptors (Lipinski definition) is 5. The molecule has 4 rings (SSSR count). The van der Waals surface area contributed by atoms with Gasteiger partial charge in [0.15, 0.2) is 9.84 Å². The quantitative estimate of drug-likeness (QED) is 0.721. The molecule has 2 aromatic carbocycles. The molecule has 2 saturated heterocycles. The summed E-state index contributed by atoms with van der Waals surface area (Å²) in [4.78, 5) is 19.6. The van der Waals surface area contributed by atoms with Gasteiger partial charge in [0.1, 0.15) is 0 Å². The third kappa shape index (κ3) is 4.63. The van der Waals surface area contributed by atoms with E-state index in [-0.39, 0.29) is 23.5 Å². The van der Waals surface area contributed by atoms with Crippen LogP contribution in [0.2, 0.25) is 5.02 Å². The summed E-state index contributed by atoms with van der Waals surface area (Å²) in [6.45, 7) is 3.96. The number of nitrogens with zero attached hydrogens (tertiary/aromatic N) is 3. The number of benzene rings is 2. The Kier molecular flexibility index (Phi) is 6.04. The smallest absolute Gasteiger partial charge is 0.258 e. The van der Waals surface area contributed by atoms with Crippen molar-refractivity contribution in [1.29, 1.82) is 0 Å². The molecule has 8 heteroatoms. The molecule has 1 atom stereocenters. The second kappa shape index (κ2) is 8.57. The van der Waals surface area contributed by atoms with Gasteiger partial charge in [0, 0.05) is 48.1 Å². The van der Waals surface area contributed by atoms with Crippen molar-refractivity contribution in [2.24, 2.45) is 0 Å². The van der Waals surface area contributed by atoms with Gasteiger partial charge >= 0.3 is 0 Å². The predicted octanol–water partition coefficient (Wildman–Crippen LogP) is 2.93. The van der Waals surface area contributed by atoms with Gasteiger partial charge < -0.3 is 14.7 Å². The topological polar surface area (TPSA) is 60.9 Å². The van der Waals surface area contributed by atoms with Gasteiger partial charge in [0.2, 0.25) is 0 Å². The number of carbonyl (C=O) groups excluding carboxylic acids is 1. The van der Waals surface area contributed by atoms with Gasteiger partial charge in [-0.1, -0.05) is 11.6 Å². The zero-order valence-corrected chi connectivity index (χ0v) is 18.6. The number of likely N-dealkylation sites (N-methyl/N-ethyl adjacent to an activating group) is 1. The minimum atomic E-state index is -3.13. The molecule has 0 saturated carbocycles. The highest BCUT2D eigenvalue weighted by Gasteiger charge is 2.36. The Balaban J connectivity index is 1.62. The van der Waals surface area contributed by atoms with Crippen LogP contribution in [0.4, 0.5) is 11.4 Å². The number of piperazine rings is 1. The molecular weight excluding hydrogens is 422 g/mol. The average molecular weight is 448 g/mol. The highest BCUT2D eigenvalue weighted by atomic mass is 35.5. The maximum absolute atomic E-state index is 13.3. The van der Waals surface area contributed by atoms with Crippen molar-refractivity contribution in [2.75, 3.05) is 54.5 Å². The first-order valence-electron chi connectivity index (χ1n) is 10.2. The lowest BCUT2D eigenvalue weighted by molar-refractivity contribution is 0.0979. The monoisotopic (exact) mass is 447 g/mol. The molecule has 1 unspecified atom stereocenters. The van der Waals surface area contributed by atoms with E-state index in [1.807, 2.05) is 24.3 Å². The van der Waals surface area contributed by atoms with E-state index in [1.54, 1.807) is 29.2 Å². The summed E-state index contributed by atoms with van der Waals surface area (Å²) < 4.78 is 24.2. The first kappa shape index (κ1) is 21.2. The van der Waals surface area contributed by atoms with Gasteiger partial charge in [0.05, 0.1) is 17.5 Å². The van der Waals surface area contributed by atoms with Crippen molar-refractivity contribution >= 4 is 38.7 Å². The Morgan fingerprint density at radius 3 is 2.20 bits per heavy atom. The molecule has 6 nitrogen and oxygen atoms in total. The molecule has 0 aromatic heterocycles. The van der Waals surface area contributed by atoms with Crippen molar-refractivity contribution in [1.82, 2.24) is 4.90 Å². The molecule has 30 heavy (non-hydrogen) atoms. The van der Waals surface area contributed by atoms with Crippen molar-refractivity contribution < 1.29 is 13.2 Å². The van der Waals surface area contributed by atoms with E-state index in [0.29, 0.717) is 17.0 Å². The molecule has 2 aliphatic heterocycles. The normalized spacial score (nSPS) is 21.5. The maximum Gasteiger partial charge on any atom is 0.258 e. The van der Waals surface area contributed by atoms with Gasteiger partial charge in [-0.25, -0.2) is 8.42 Å². The van der Waals surface area contributed by atoms with Crippen molar-refractivity contribution in [3.63, 3.8) is 0 Å². The Morgan fingerprint density at radius 2 is 1.63 bits per heavy atom. The van der Waals surface area contributed by atoms with E-state index in [2.05, 4.69) is 16.8 Å². The number of sulfone groups is 1. The fourth-order valence-electron chi connectivity index (χ4n) is 4.09. The zero-order valence-electron chi connectivity index (χ0n) is 17.0. The van der Waals surface area contributed by atoms with Gasteiger partial charge in [-0.3, -0.25) is 4.79 Å². The van der Waals surface area contributed by atoms with E-state index in [4.69, 9.17) is 11.6 Å². The third-order valence-electron chi connectivity index (χ3n) is 5.88. The molecule has 160 valence electrons. The third-order valence-corrected chi connectivity index (χ3v) is 7.88. The fraction of sp³-hybridized carbons (Fsp3) is 0.409. The molecule has 2 fully saturated rings. The van der Waals surface area contributed by atoms with Crippen molar-refractivity contribution in [3.8, 4) is 0 Å². The van der Waals surface area contributed by atoms with Gasteiger partial charge in [-0.15, -0.1) is 0 Å². The number of hydrogen-bond donors (Lipinski definition) is 0. The van der Waals surface area contributed by atoms with E-state index in [0.717, 1.165) is 37.6 Å². The summed E-state index contributed by atoms with van der Waals surface area (Å²) >= 11 is 5.97. The predicted molar refractivity (Wildman–Crippen MR) is 121 cm³/mol. The van der Waals surface area contributed by atoms with Crippen LogP contribution in [-0.2, 0) is 9.84 Å². The number of carbonyl (C=O) groups is 1. The standard InChI is InChI=1S/C22H26ClN3O3S/c1-24-11-13-25(14-12-24)19-6-8-20(9-7-19)26(21-10-15-30(28,29)16-21)22(27)17-2-4-18(23)5-3-17/h2-9,21H,10-16H2,1H3. The van der Waals surface area contributed by atoms with Crippen LogP contribution in [-0.4, -0.2) is 70.0 Å². The highest BCUT2D eigenvalue weighted by molar-refractivity contribution is 7.91. The maximum atomic E-state index is 13.3. The summed E-state index contributed by atoms with van der Waals surface area (Å²) in [6, 6.07) is 14.2. The van der Waals surface area contributed by atoms with Crippen LogP contribution in [0.3, 0.4) is 0 Å². The summed E-state index contributed by atoms with van der Waals surface area (Å²) in [5.41, 5.74) is 2.33. The number of rotatable bonds is 4. The fourth-order valence-corrected chi connectivity index (χ4v) is 5.92. The Hall–Kier alpha value is -2.09. The molecule has 0 aliphatic carbocycles. The minimum Gasteiger partial charge on any atom is -0.369 e. The molecule has 0 bridgehead atoms. The molecule has 0 radical (unpaired) electrons. The molecule has 2 heterocycles. The largest absolute Gasteiger partial charge is 0.369 e. The second-order valence-corrected chi connectivity index (χ2v) is 10.7. The van der Waals surface area contributed by atoms with Crippen molar-refractivity contribution in [3.05, 3.63) is 59.1 Å². The summed E-state index contributed by atoms with van der Waals surface area (Å²) in [7, 11) is -1.01. The second-order valence-electron chi connectivity index (χ2n) is 8.05. The molecule has 2 aromatic rings. The summed E-state index contributed by atoms with van der Waals surface area (Å²) in [5.74, 6) is -0.102. The molecular formula is C22H26ClN3O3S.